The minimum Gasteiger partial charge on any atom is -0.502 e. The first-order chi connectivity index (χ1) is 7.41. The molecule has 1 aromatic carbocycles. The van der Waals surface area contributed by atoms with E-state index >= 15 is 0 Å². The number of nitro benzene ring substituents is 1. The summed E-state index contributed by atoms with van der Waals surface area (Å²) >= 11 is 0. The molecule has 6 nitrogen and oxygen atoms in total. The minimum atomic E-state index is -0.888. The highest BCUT2D eigenvalue weighted by Gasteiger charge is 2.16. The molecule has 0 aromatic heterocycles. The Labute approximate surface area is 89.0 Å². The topological polar surface area (TPSA) is 106 Å². The molecule has 7 heteroatoms. The van der Waals surface area contributed by atoms with Gasteiger partial charge in [-0.1, -0.05) is 0 Å². The Morgan fingerprint density at radius 1 is 1.56 bits per heavy atom. The van der Waals surface area contributed by atoms with Crippen LogP contribution >= 0.6 is 0 Å². The molecule has 1 amide bonds. The molecule has 1 aromatic rings. The Kier molecular flexibility index (Phi) is 3.19. The van der Waals surface area contributed by atoms with Gasteiger partial charge in [-0.05, 0) is 6.08 Å². The maximum Gasteiger partial charge on any atom is 0.311 e. The van der Waals surface area contributed by atoms with E-state index in [0.29, 0.717) is 6.07 Å². The molecule has 0 atom stereocenters. The lowest BCUT2D eigenvalue weighted by atomic mass is 10.1. The average molecular weight is 226 g/mol. The lowest BCUT2D eigenvalue weighted by Gasteiger charge is -1.99. The zero-order chi connectivity index (χ0) is 12.3. The second-order valence-corrected chi connectivity index (χ2v) is 2.86. The van der Waals surface area contributed by atoms with E-state index in [2.05, 4.69) is 0 Å². The van der Waals surface area contributed by atoms with Crippen LogP contribution in [0.25, 0.3) is 6.08 Å². The molecule has 0 saturated heterocycles. The van der Waals surface area contributed by atoms with Crippen molar-refractivity contribution in [2.45, 2.75) is 0 Å². The molecule has 0 bridgehead atoms. The number of rotatable bonds is 3. The molecule has 84 valence electrons. The highest BCUT2D eigenvalue weighted by molar-refractivity contribution is 5.90. The van der Waals surface area contributed by atoms with Crippen molar-refractivity contribution in [3.05, 3.63) is 39.7 Å². The Morgan fingerprint density at radius 3 is 2.69 bits per heavy atom. The normalized spacial score (nSPS) is 10.6. The number of nitro groups is 1. The number of phenols is 1. The van der Waals surface area contributed by atoms with Gasteiger partial charge in [0.05, 0.1) is 4.92 Å². The Hall–Kier alpha value is -2.44. The molecule has 0 aliphatic carbocycles. The summed E-state index contributed by atoms with van der Waals surface area (Å²) in [5.74, 6) is -2.48. The van der Waals surface area contributed by atoms with E-state index in [4.69, 9.17) is 10.8 Å². The van der Waals surface area contributed by atoms with Crippen LogP contribution in [0, 0.1) is 15.9 Å². The van der Waals surface area contributed by atoms with E-state index in [1.54, 1.807) is 0 Å². The monoisotopic (exact) mass is 226 g/mol. The maximum atomic E-state index is 13.2. The molecule has 0 aliphatic heterocycles. The largest absolute Gasteiger partial charge is 0.502 e. The molecule has 16 heavy (non-hydrogen) atoms. The average Bonchev–Trinajstić information content (AvgIpc) is 2.15. The summed E-state index contributed by atoms with van der Waals surface area (Å²) in [4.78, 5) is 20.0. The van der Waals surface area contributed by atoms with Crippen molar-refractivity contribution in [2.75, 3.05) is 0 Å². The second kappa shape index (κ2) is 4.39. The smallest absolute Gasteiger partial charge is 0.311 e. The lowest BCUT2D eigenvalue weighted by molar-refractivity contribution is -0.385. The van der Waals surface area contributed by atoms with Crippen molar-refractivity contribution in [2.24, 2.45) is 5.73 Å². The quantitative estimate of drug-likeness (QED) is 0.454. The first kappa shape index (κ1) is 11.6. The molecule has 3 N–H and O–H groups in total. The van der Waals surface area contributed by atoms with E-state index in [1.807, 2.05) is 0 Å². The van der Waals surface area contributed by atoms with Crippen molar-refractivity contribution in [1.82, 2.24) is 0 Å². The van der Waals surface area contributed by atoms with Crippen LogP contribution in [0.15, 0.2) is 18.2 Å². The van der Waals surface area contributed by atoms with E-state index in [0.717, 1.165) is 18.2 Å². The van der Waals surface area contributed by atoms with Crippen LogP contribution in [0.3, 0.4) is 0 Å². The molecule has 0 saturated carbocycles. The number of halogens is 1. The highest BCUT2D eigenvalue weighted by Crippen LogP contribution is 2.29. The number of carbonyl (C=O) groups is 1. The summed E-state index contributed by atoms with van der Waals surface area (Å²) in [5, 5.41) is 19.5. The van der Waals surface area contributed by atoms with Gasteiger partial charge in [0.25, 0.3) is 0 Å². The van der Waals surface area contributed by atoms with Gasteiger partial charge in [0.2, 0.25) is 5.91 Å². The van der Waals surface area contributed by atoms with E-state index < -0.39 is 28.1 Å². The summed E-state index contributed by atoms with van der Waals surface area (Å²) in [6.45, 7) is 0. The lowest BCUT2D eigenvalue weighted by Crippen LogP contribution is -2.05. The second-order valence-electron chi connectivity index (χ2n) is 2.86. The summed E-state index contributed by atoms with van der Waals surface area (Å²) < 4.78 is 13.2. The summed E-state index contributed by atoms with van der Waals surface area (Å²) in [6.07, 6.45) is 1.85. The number of benzene rings is 1. The first-order valence-corrected chi connectivity index (χ1v) is 4.06. The van der Waals surface area contributed by atoms with Crippen LogP contribution in [-0.4, -0.2) is 15.9 Å². The molecule has 0 spiro atoms. The summed E-state index contributed by atoms with van der Waals surface area (Å²) in [6, 6.07) is 1.41. The van der Waals surface area contributed by atoms with Gasteiger partial charge in [-0.25, -0.2) is 4.39 Å². The van der Waals surface area contributed by atoms with Crippen molar-refractivity contribution in [3.63, 3.8) is 0 Å². The summed E-state index contributed by atoms with van der Waals surface area (Å²) in [5.41, 5.74) is 3.93. The van der Waals surface area contributed by atoms with Crippen molar-refractivity contribution >= 4 is 17.7 Å². The Bertz CT molecular complexity index is 485. The highest BCUT2D eigenvalue weighted by atomic mass is 19.1. The summed E-state index contributed by atoms with van der Waals surface area (Å²) in [7, 11) is 0. The number of primary amides is 1. The fourth-order valence-electron chi connectivity index (χ4n) is 1.01. The predicted octanol–water partition coefficient (Wildman–Crippen LogP) is 0.938. The third kappa shape index (κ3) is 2.53. The third-order valence-electron chi connectivity index (χ3n) is 1.72. The van der Waals surface area contributed by atoms with Gasteiger partial charge in [0.1, 0.15) is 5.82 Å². The van der Waals surface area contributed by atoms with Gasteiger partial charge in [-0.2, -0.15) is 0 Å². The minimum absolute atomic E-state index is 0.205. The number of hydrogen-bond donors (Lipinski definition) is 2. The van der Waals surface area contributed by atoms with Crippen molar-refractivity contribution < 1.29 is 19.2 Å². The van der Waals surface area contributed by atoms with E-state index in [9.17, 15) is 19.3 Å². The Balaban J connectivity index is 3.25. The molecule has 0 unspecified atom stereocenters. The number of nitrogens with two attached hydrogens (primary N) is 1. The number of aromatic hydroxyl groups is 1. The number of nitrogens with zero attached hydrogens (tertiary/aromatic N) is 1. The van der Waals surface area contributed by atoms with Crippen molar-refractivity contribution in [3.8, 4) is 5.75 Å². The first-order valence-electron chi connectivity index (χ1n) is 4.06. The molecule has 0 radical (unpaired) electrons. The van der Waals surface area contributed by atoms with Crippen molar-refractivity contribution in [1.29, 1.82) is 0 Å². The zero-order valence-corrected chi connectivity index (χ0v) is 7.88. The number of amides is 1. The molecule has 1 rings (SSSR count). The van der Waals surface area contributed by atoms with Crippen LogP contribution in [-0.2, 0) is 4.79 Å². The number of hydrogen-bond acceptors (Lipinski definition) is 4. The van der Waals surface area contributed by atoms with E-state index in [-0.39, 0.29) is 5.56 Å². The standard InChI is InChI=1S/C9H7FN2O4/c10-6-4-8(13)7(12(15)16)3-5(6)1-2-9(11)14/h1-4,13H,(H2,11,14). The number of phenolic OH excluding ortho intramolecular Hbond substituents is 1. The third-order valence-corrected chi connectivity index (χ3v) is 1.72. The van der Waals surface area contributed by atoms with Crippen LogP contribution in [0.2, 0.25) is 0 Å². The molecular formula is C9H7FN2O4. The molecule has 0 fully saturated rings. The van der Waals surface area contributed by atoms with Crippen LogP contribution in [0.5, 0.6) is 5.75 Å². The predicted molar refractivity (Wildman–Crippen MR) is 52.9 cm³/mol. The fraction of sp³-hybridized carbons (Fsp3) is 0. The van der Waals surface area contributed by atoms with Crippen LogP contribution < -0.4 is 5.73 Å². The molecule has 0 aliphatic rings. The SMILES string of the molecule is NC(=O)C=Cc1cc([N+](=O)[O-])c(O)cc1F. The van der Waals surface area contributed by atoms with Gasteiger partial charge in [-0.3, -0.25) is 14.9 Å². The fourth-order valence-corrected chi connectivity index (χ4v) is 1.01. The zero-order valence-electron chi connectivity index (χ0n) is 7.88. The van der Waals surface area contributed by atoms with Gasteiger partial charge >= 0.3 is 5.69 Å². The van der Waals surface area contributed by atoms with Crippen LogP contribution in [0.1, 0.15) is 5.56 Å². The molecule has 0 heterocycles. The Morgan fingerprint density at radius 2 is 2.19 bits per heavy atom. The molecular weight excluding hydrogens is 219 g/mol. The van der Waals surface area contributed by atoms with Gasteiger partial charge in [0, 0.05) is 23.8 Å². The van der Waals surface area contributed by atoms with Gasteiger partial charge in [0.15, 0.2) is 5.75 Å². The van der Waals surface area contributed by atoms with E-state index in [1.165, 1.54) is 0 Å². The van der Waals surface area contributed by atoms with Gasteiger partial charge in [-0.15, -0.1) is 0 Å². The van der Waals surface area contributed by atoms with Crippen LogP contribution in [0.4, 0.5) is 10.1 Å². The maximum absolute atomic E-state index is 13.2. The number of carbonyl (C=O) groups excluding carboxylic acids is 1. The van der Waals surface area contributed by atoms with Gasteiger partial charge < -0.3 is 10.8 Å².